The second kappa shape index (κ2) is 16.0. The van der Waals surface area contributed by atoms with E-state index in [-0.39, 0.29) is 0 Å². The van der Waals surface area contributed by atoms with Crippen molar-refractivity contribution in [1.82, 2.24) is 0 Å². The van der Waals surface area contributed by atoms with Crippen molar-refractivity contribution in [3.05, 3.63) is 29.1 Å². The van der Waals surface area contributed by atoms with Gasteiger partial charge in [0.2, 0.25) is 29.1 Å². The van der Waals surface area contributed by atoms with Crippen LogP contribution < -0.4 is 4.74 Å². The number of benzene rings is 1. The summed E-state index contributed by atoms with van der Waals surface area (Å²) in [7, 11) is 0.804. The van der Waals surface area contributed by atoms with Crippen LogP contribution in [-0.2, 0) is 0 Å². The second-order valence-corrected chi connectivity index (χ2v) is 4.22. The molecule has 0 aromatic heterocycles. The van der Waals surface area contributed by atoms with E-state index >= 15 is 0 Å². The lowest BCUT2D eigenvalue weighted by molar-refractivity contribution is 0.310. The molecule has 22 heavy (non-hydrogen) atoms. The van der Waals surface area contributed by atoms with Crippen molar-refractivity contribution in [3.63, 3.8) is 0 Å². The van der Waals surface area contributed by atoms with Crippen molar-refractivity contribution < 1.29 is 26.7 Å². The SMILES string of the molecule is CCC.CCC.CCC.COc1c(F)c(F)c(F)c(F)c1F. The van der Waals surface area contributed by atoms with Crippen LogP contribution in [0.25, 0.3) is 0 Å². The molecule has 0 aliphatic rings. The van der Waals surface area contributed by atoms with Crippen LogP contribution in [-0.4, -0.2) is 7.11 Å². The molecule has 0 saturated heterocycles. The predicted molar refractivity (Wildman–Crippen MR) is 80.7 cm³/mol. The maximum atomic E-state index is 12.6. The molecule has 0 spiro atoms. The fourth-order valence-electron chi connectivity index (χ4n) is 0.764. The lowest BCUT2D eigenvalue weighted by Crippen LogP contribution is -2.04. The van der Waals surface area contributed by atoms with Crippen LogP contribution in [0.1, 0.15) is 60.8 Å². The maximum Gasteiger partial charge on any atom is 0.206 e. The highest BCUT2D eigenvalue weighted by Gasteiger charge is 2.26. The van der Waals surface area contributed by atoms with Gasteiger partial charge in [0, 0.05) is 0 Å². The van der Waals surface area contributed by atoms with E-state index in [1.54, 1.807) is 0 Å². The smallest absolute Gasteiger partial charge is 0.206 e. The summed E-state index contributed by atoms with van der Waals surface area (Å²) in [6.45, 7) is 12.8. The Hall–Kier alpha value is -1.33. The third-order valence-electron chi connectivity index (χ3n) is 1.37. The van der Waals surface area contributed by atoms with E-state index in [9.17, 15) is 22.0 Å². The first-order valence-electron chi connectivity index (χ1n) is 7.30. The molecule has 0 aliphatic heterocycles. The van der Waals surface area contributed by atoms with Crippen molar-refractivity contribution in [1.29, 1.82) is 0 Å². The summed E-state index contributed by atoms with van der Waals surface area (Å²) in [6, 6.07) is 0. The summed E-state index contributed by atoms with van der Waals surface area (Å²) < 4.78 is 66.2. The van der Waals surface area contributed by atoms with Crippen molar-refractivity contribution in [2.24, 2.45) is 0 Å². The van der Waals surface area contributed by atoms with Crippen molar-refractivity contribution in [2.45, 2.75) is 60.8 Å². The molecule has 1 rings (SSSR count). The Morgan fingerprint density at radius 3 is 0.909 bits per heavy atom. The minimum absolute atomic E-state index is 0.804. The van der Waals surface area contributed by atoms with Gasteiger partial charge in [0.1, 0.15) is 0 Å². The third-order valence-corrected chi connectivity index (χ3v) is 1.37. The van der Waals surface area contributed by atoms with Gasteiger partial charge in [-0.25, -0.2) is 13.2 Å². The lowest BCUT2D eigenvalue weighted by Gasteiger charge is -2.05. The lowest BCUT2D eigenvalue weighted by atomic mass is 10.3. The second-order valence-electron chi connectivity index (χ2n) is 4.22. The van der Waals surface area contributed by atoms with Crippen molar-refractivity contribution in [3.8, 4) is 5.75 Å². The molecular formula is C16H27F5O. The molecule has 0 unspecified atom stereocenters. The first-order valence-corrected chi connectivity index (χ1v) is 7.30. The Bertz CT molecular complexity index is 361. The van der Waals surface area contributed by atoms with Gasteiger partial charge in [-0.3, -0.25) is 0 Å². The van der Waals surface area contributed by atoms with E-state index in [2.05, 4.69) is 46.3 Å². The summed E-state index contributed by atoms with van der Waals surface area (Å²) in [6.07, 6.45) is 3.75. The Morgan fingerprint density at radius 2 is 0.727 bits per heavy atom. The quantitative estimate of drug-likeness (QED) is 0.318. The number of methoxy groups -OCH3 is 1. The van der Waals surface area contributed by atoms with Crippen LogP contribution >= 0.6 is 0 Å². The van der Waals surface area contributed by atoms with Crippen LogP contribution in [0.2, 0.25) is 0 Å². The first-order chi connectivity index (χ1) is 10.2. The molecule has 0 amide bonds. The average Bonchev–Trinajstić information content (AvgIpc) is 2.46. The standard InChI is InChI=1S/C7H3F5O.3C3H8/c1-13-7-5(11)3(9)2(8)4(10)6(7)12;3*1-3-2/h1H3;3*3H2,1-2H3. The van der Waals surface area contributed by atoms with Gasteiger partial charge in [-0.15, -0.1) is 0 Å². The zero-order chi connectivity index (χ0) is 18.3. The first kappa shape index (κ1) is 25.6. The van der Waals surface area contributed by atoms with Gasteiger partial charge in [-0.2, -0.15) is 8.78 Å². The van der Waals surface area contributed by atoms with Crippen LogP contribution in [0.5, 0.6) is 5.75 Å². The topological polar surface area (TPSA) is 9.23 Å². The fraction of sp³-hybridized carbons (Fsp3) is 0.625. The van der Waals surface area contributed by atoms with Gasteiger partial charge in [0.25, 0.3) is 0 Å². The van der Waals surface area contributed by atoms with E-state index < -0.39 is 34.8 Å². The summed E-state index contributed by atoms with van der Waals surface area (Å²) in [5, 5.41) is 0. The molecule has 1 nitrogen and oxygen atoms in total. The van der Waals surface area contributed by atoms with Gasteiger partial charge < -0.3 is 4.74 Å². The minimum Gasteiger partial charge on any atom is -0.491 e. The van der Waals surface area contributed by atoms with Crippen molar-refractivity contribution in [2.75, 3.05) is 7.11 Å². The van der Waals surface area contributed by atoms with Crippen LogP contribution in [0.4, 0.5) is 22.0 Å². The largest absolute Gasteiger partial charge is 0.491 e. The predicted octanol–water partition coefficient (Wildman–Crippen LogP) is 6.64. The molecule has 1 aromatic rings. The van der Waals surface area contributed by atoms with Crippen LogP contribution in [0, 0.1) is 29.1 Å². The third kappa shape index (κ3) is 9.58. The van der Waals surface area contributed by atoms with Crippen LogP contribution in [0.3, 0.4) is 0 Å². The number of halogens is 5. The molecule has 132 valence electrons. The highest BCUT2D eigenvalue weighted by molar-refractivity contribution is 5.29. The number of ether oxygens (including phenoxy) is 1. The van der Waals surface area contributed by atoms with Gasteiger partial charge in [-0.1, -0.05) is 60.8 Å². The van der Waals surface area contributed by atoms with Gasteiger partial charge in [0.05, 0.1) is 7.11 Å². The summed E-state index contributed by atoms with van der Waals surface area (Å²) in [4.78, 5) is 0. The molecule has 6 heteroatoms. The van der Waals surface area contributed by atoms with E-state index in [0.717, 1.165) is 7.11 Å². The van der Waals surface area contributed by atoms with E-state index in [0.29, 0.717) is 0 Å². The monoisotopic (exact) mass is 330 g/mol. The molecule has 1 aromatic carbocycles. The minimum atomic E-state index is -2.20. The molecule has 0 saturated carbocycles. The Balaban J connectivity index is -0.000000334. The van der Waals surface area contributed by atoms with Crippen molar-refractivity contribution >= 4 is 0 Å². The average molecular weight is 330 g/mol. The highest BCUT2D eigenvalue weighted by atomic mass is 19.2. The summed E-state index contributed by atoms with van der Waals surface area (Å²) >= 11 is 0. The zero-order valence-electron chi connectivity index (χ0n) is 14.4. The van der Waals surface area contributed by atoms with Gasteiger partial charge >= 0.3 is 0 Å². The highest BCUT2D eigenvalue weighted by Crippen LogP contribution is 2.28. The Morgan fingerprint density at radius 1 is 0.545 bits per heavy atom. The molecular weight excluding hydrogens is 303 g/mol. The van der Waals surface area contributed by atoms with Crippen LogP contribution in [0.15, 0.2) is 0 Å². The normalized spacial score (nSPS) is 8.55. The van der Waals surface area contributed by atoms with Gasteiger partial charge in [0.15, 0.2) is 5.75 Å². The molecule has 0 heterocycles. The number of rotatable bonds is 1. The molecule has 0 N–H and O–H groups in total. The Labute approximate surface area is 130 Å². The molecule has 0 radical (unpaired) electrons. The molecule has 0 bridgehead atoms. The maximum absolute atomic E-state index is 12.6. The zero-order valence-corrected chi connectivity index (χ0v) is 14.4. The molecule has 0 fully saturated rings. The van der Waals surface area contributed by atoms with E-state index in [1.807, 2.05) is 0 Å². The summed E-state index contributed by atoms with van der Waals surface area (Å²) in [5.41, 5.74) is 0. The number of hydrogen-bond acceptors (Lipinski definition) is 1. The fourth-order valence-corrected chi connectivity index (χ4v) is 0.764. The summed E-state index contributed by atoms with van der Waals surface area (Å²) in [5.74, 6) is -11.5. The number of hydrogen-bond donors (Lipinski definition) is 0. The molecule has 0 atom stereocenters. The van der Waals surface area contributed by atoms with E-state index in [4.69, 9.17) is 0 Å². The van der Waals surface area contributed by atoms with Gasteiger partial charge in [-0.05, 0) is 0 Å². The van der Waals surface area contributed by atoms with E-state index in [1.165, 1.54) is 19.3 Å². The Kier molecular flexibility index (Phi) is 18.7. The molecule has 0 aliphatic carbocycles.